The Morgan fingerprint density at radius 2 is 2.04 bits per heavy atom. The molecule has 1 aliphatic heterocycles. The summed E-state index contributed by atoms with van der Waals surface area (Å²) in [6, 6.07) is 9.01. The first kappa shape index (κ1) is 19.8. The van der Waals surface area contributed by atoms with E-state index >= 15 is 0 Å². The van der Waals surface area contributed by atoms with E-state index in [1.54, 1.807) is 6.92 Å². The van der Waals surface area contributed by atoms with Gasteiger partial charge in [-0.15, -0.1) is 0 Å². The Balaban J connectivity index is 1.47. The lowest BCUT2D eigenvalue weighted by Gasteiger charge is -2.33. The van der Waals surface area contributed by atoms with Crippen molar-refractivity contribution in [2.75, 3.05) is 19.6 Å². The number of halogens is 1. The van der Waals surface area contributed by atoms with Gasteiger partial charge in [0.2, 0.25) is 5.89 Å². The number of guanidine groups is 1. The van der Waals surface area contributed by atoms with Crippen molar-refractivity contribution < 1.29 is 4.52 Å². The molecule has 2 N–H and O–H groups in total. The lowest BCUT2D eigenvalue weighted by atomic mass is 10.0. The molecule has 2 aromatic rings. The van der Waals surface area contributed by atoms with Crippen LogP contribution in [-0.2, 0) is 13.1 Å². The molecule has 1 aromatic carbocycles. The van der Waals surface area contributed by atoms with Gasteiger partial charge in [-0.2, -0.15) is 4.98 Å². The third-order valence-electron chi connectivity index (χ3n) is 4.54. The number of aromatic nitrogens is 2. The van der Waals surface area contributed by atoms with Crippen LogP contribution in [0.1, 0.15) is 37.0 Å². The van der Waals surface area contributed by atoms with Crippen LogP contribution >= 0.6 is 15.9 Å². The summed E-state index contributed by atoms with van der Waals surface area (Å²) in [4.78, 5) is 11.3. The van der Waals surface area contributed by atoms with E-state index in [0.717, 1.165) is 49.5 Å². The zero-order valence-corrected chi connectivity index (χ0v) is 17.5. The van der Waals surface area contributed by atoms with Crippen molar-refractivity contribution in [1.82, 2.24) is 25.7 Å². The minimum atomic E-state index is 0.412. The molecule has 0 amide bonds. The number of piperidine rings is 1. The number of nitrogens with zero attached hydrogens (tertiary/aromatic N) is 4. The van der Waals surface area contributed by atoms with Gasteiger partial charge >= 0.3 is 0 Å². The first-order valence-corrected chi connectivity index (χ1v) is 10.2. The van der Waals surface area contributed by atoms with E-state index in [9.17, 15) is 0 Å². The molecule has 0 unspecified atom stereocenters. The Bertz CT molecular complexity index is 737. The number of hydrogen-bond acceptors (Lipinski definition) is 5. The molecule has 1 saturated heterocycles. The molecular weight excluding hydrogens is 408 g/mol. The van der Waals surface area contributed by atoms with E-state index < -0.39 is 0 Å². The second kappa shape index (κ2) is 9.85. The van der Waals surface area contributed by atoms with Crippen LogP contribution in [0, 0.1) is 6.92 Å². The molecule has 2 heterocycles. The molecule has 8 heteroatoms. The van der Waals surface area contributed by atoms with Gasteiger partial charge in [-0.05, 0) is 37.5 Å². The Kier molecular flexibility index (Phi) is 7.23. The summed E-state index contributed by atoms with van der Waals surface area (Å²) in [5, 5.41) is 10.7. The van der Waals surface area contributed by atoms with E-state index in [1.807, 2.05) is 0 Å². The van der Waals surface area contributed by atoms with Crippen molar-refractivity contribution in [3.05, 3.63) is 46.0 Å². The highest BCUT2D eigenvalue weighted by molar-refractivity contribution is 9.10. The van der Waals surface area contributed by atoms with Gasteiger partial charge in [0.05, 0.1) is 0 Å². The fourth-order valence-corrected chi connectivity index (χ4v) is 3.42. The minimum absolute atomic E-state index is 0.412. The Hall–Kier alpha value is -1.93. The molecule has 0 saturated carbocycles. The first-order valence-electron chi connectivity index (χ1n) is 9.43. The molecule has 0 spiro atoms. The molecule has 3 rings (SSSR count). The summed E-state index contributed by atoms with van der Waals surface area (Å²) in [5.74, 6) is 1.98. The highest BCUT2D eigenvalue weighted by atomic mass is 79.9. The van der Waals surface area contributed by atoms with Crippen molar-refractivity contribution in [2.24, 2.45) is 4.99 Å². The topological polar surface area (TPSA) is 78.6 Å². The Morgan fingerprint density at radius 1 is 1.30 bits per heavy atom. The second-order valence-electron chi connectivity index (χ2n) is 6.75. The van der Waals surface area contributed by atoms with Crippen LogP contribution in [0.15, 0.2) is 38.3 Å². The molecular formula is C19H27BrN6O. The normalized spacial score (nSPS) is 16.5. The fourth-order valence-electron chi connectivity index (χ4n) is 3.15. The number of aliphatic imine (C=N–C) groups is 1. The predicted octanol–water partition coefficient (Wildman–Crippen LogP) is 2.86. The van der Waals surface area contributed by atoms with Crippen molar-refractivity contribution in [1.29, 1.82) is 0 Å². The lowest BCUT2D eigenvalue weighted by Crippen LogP contribution is -2.48. The number of hydrogen-bond donors (Lipinski definition) is 2. The number of nitrogens with one attached hydrogen (secondary N) is 2. The van der Waals surface area contributed by atoms with Crippen molar-refractivity contribution in [3.63, 3.8) is 0 Å². The lowest BCUT2D eigenvalue weighted by molar-refractivity contribution is 0.198. The minimum Gasteiger partial charge on any atom is -0.357 e. The largest absolute Gasteiger partial charge is 0.357 e. The van der Waals surface area contributed by atoms with E-state index in [4.69, 9.17) is 4.52 Å². The smallest absolute Gasteiger partial charge is 0.223 e. The maximum atomic E-state index is 4.99. The van der Waals surface area contributed by atoms with Crippen LogP contribution in [0.4, 0.5) is 0 Å². The summed E-state index contributed by atoms with van der Waals surface area (Å²) in [7, 11) is 0. The summed E-state index contributed by atoms with van der Waals surface area (Å²) in [6.45, 7) is 8.25. The van der Waals surface area contributed by atoms with E-state index in [2.05, 4.69) is 77.8 Å². The SMILES string of the molecule is CCNC(=NCc1noc(C)n1)NC1CCN(Cc2ccc(Br)cc2)CC1. The average Bonchev–Trinajstić information content (AvgIpc) is 3.09. The van der Waals surface area contributed by atoms with Gasteiger partial charge in [0, 0.05) is 43.6 Å². The first-order chi connectivity index (χ1) is 13.1. The molecule has 1 fully saturated rings. The quantitative estimate of drug-likeness (QED) is 0.537. The highest BCUT2D eigenvalue weighted by Gasteiger charge is 2.20. The van der Waals surface area contributed by atoms with Crippen LogP contribution in [-0.4, -0.2) is 46.7 Å². The number of aryl methyl sites for hydroxylation is 1. The van der Waals surface area contributed by atoms with Gasteiger partial charge in [-0.25, -0.2) is 4.99 Å². The molecule has 146 valence electrons. The summed E-state index contributed by atoms with van der Waals surface area (Å²) >= 11 is 3.49. The maximum absolute atomic E-state index is 4.99. The molecule has 0 radical (unpaired) electrons. The zero-order chi connectivity index (χ0) is 19.1. The van der Waals surface area contributed by atoms with Gasteiger partial charge in [-0.1, -0.05) is 33.2 Å². The number of benzene rings is 1. The number of likely N-dealkylation sites (tertiary alicyclic amines) is 1. The number of rotatable bonds is 6. The maximum Gasteiger partial charge on any atom is 0.223 e. The van der Waals surface area contributed by atoms with Crippen LogP contribution in [0.3, 0.4) is 0 Å². The summed E-state index contributed by atoms with van der Waals surface area (Å²) in [6.07, 6.45) is 2.20. The summed E-state index contributed by atoms with van der Waals surface area (Å²) < 4.78 is 6.12. The third kappa shape index (κ3) is 6.32. The molecule has 27 heavy (non-hydrogen) atoms. The van der Waals surface area contributed by atoms with Crippen LogP contribution in [0.5, 0.6) is 0 Å². The standard InChI is InChI=1S/C19H27BrN6O/c1-3-21-19(22-12-18-23-14(2)27-25-18)24-17-8-10-26(11-9-17)13-15-4-6-16(20)7-5-15/h4-7,17H,3,8-13H2,1-2H3,(H2,21,22,24). The molecule has 0 bridgehead atoms. The van der Waals surface area contributed by atoms with E-state index in [1.165, 1.54) is 5.56 Å². The summed E-state index contributed by atoms with van der Waals surface area (Å²) in [5.41, 5.74) is 1.36. The van der Waals surface area contributed by atoms with E-state index in [-0.39, 0.29) is 0 Å². The molecule has 7 nitrogen and oxygen atoms in total. The molecule has 0 aliphatic carbocycles. The van der Waals surface area contributed by atoms with Gasteiger partial charge in [0.15, 0.2) is 11.8 Å². The fraction of sp³-hybridized carbons (Fsp3) is 0.526. The zero-order valence-electron chi connectivity index (χ0n) is 15.9. The monoisotopic (exact) mass is 434 g/mol. The molecule has 1 aliphatic rings. The molecule has 1 aromatic heterocycles. The van der Waals surface area contributed by atoms with Crippen LogP contribution in [0.25, 0.3) is 0 Å². The average molecular weight is 435 g/mol. The van der Waals surface area contributed by atoms with Gasteiger partial charge in [-0.3, -0.25) is 4.90 Å². The van der Waals surface area contributed by atoms with E-state index in [0.29, 0.717) is 24.3 Å². The van der Waals surface area contributed by atoms with Gasteiger partial charge in [0.1, 0.15) is 6.54 Å². The Morgan fingerprint density at radius 3 is 2.67 bits per heavy atom. The van der Waals surface area contributed by atoms with Crippen molar-refractivity contribution in [3.8, 4) is 0 Å². The van der Waals surface area contributed by atoms with Gasteiger partial charge in [0.25, 0.3) is 0 Å². The highest BCUT2D eigenvalue weighted by Crippen LogP contribution is 2.16. The van der Waals surface area contributed by atoms with Crippen LogP contribution < -0.4 is 10.6 Å². The van der Waals surface area contributed by atoms with Gasteiger partial charge < -0.3 is 15.2 Å². The third-order valence-corrected chi connectivity index (χ3v) is 5.07. The Labute approximate surface area is 168 Å². The van der Waals surface area contributed by atoms with Crippen molar-refractivity contribution >= 4 is 21.9 Å². The van der Waals surface area contributed by atoms with Crippen molar-refractivity contribution in [2.45, 2.75) is 45.8 Å². The van der Waals surface area contributed by atoms with Crippen LogP contribution in [0.2, 0.25) is 0 Å². The molecule has 0 atom stereocenters. The predicted molar refractivity (Wildman–Crippen MR) is 109 cm³/mol. The second-order valence-corrected chi connectivity index (χ2v) is 7.66.